The fourth-order valence-electron chi connectivity index (χ4n) is 4.90. The van der Waals surface area contributed by atoms with E-state index in [0.29, 0.717) is 0 Å². The number of benzene rings is 1. The highest BCUT2D eigenvalue weighted by molar-refractivity contribution is 5.85. The van der Waals surface area contributed by atoms with Crippen LogP contribution in [-0.2, 0) is 5.41 Å². The first-order chi connectivity index (χ1) is 10.4. The third kappa shape index (κ3) is 4.42. The van der Waals surface area contributed by atoms with E-state index in [4.69, 9.17) is 5.73 Å². The molecule has 23 heavy (non-hydrogen) atoms. The highest BCUT2D eigenvalue weighted by Crippen LogP contribution is 2.48. The second-order valence-electron chi connectivity index (χ2n) is 7.02. The summed E-state index contributed by atoms with van der Waals surface area (Å²) >= 11 is 0. The van der Waals surface area contributed by atoms with Gasteiger partial charge in [0, 0.05) is 12.0 Å². The van der Waals surface area contributed by atoms with Gasteiger partial charge in [-0.2, -0.15) is 0 Å². The number of hydrogen-bond donors (Lipinski definition) is 2. The molecule has 1 aromatic rings. The third-order valence-corrected chi connectivity index (χ3v) is 6.00. The molecule has 0 bridgehead atoms. The van der Waals surface area contributed by atoms with Gasteiger partial charge in [0.1, 0.15) is 0 Å². The molecule has 3 atom stereocenters. The summed E-state index contributed by atoms with van der Waals surface area (Å²) in [7, 11) is 0. The van der Waals surface area contributed by atoms with Crippen LogP contribution in [0.4, 0.5) is 0 Å². The standard InChI is InChI=1S/C19H30N2.2ClH/c20-15-19(17-8-2-1-3-9-17)12-5-4-10-18(19)16-7-6-13-21-14-11-16;;/h1-3,8-9,16,18,21H,4-7,10-15,20H2;2*1H. The van der Waals surface area contributed by atoms with Crippen LogP contribution in [-0.4, -0.2) is 19.6 Å². The van der Waals surface area contributed by atoms with Gasteiger partial charge in [-0.3, -0.25) is 0 Å². The zero-order chi connectivity index (χ0) is 14.5. The SMILES string of the molecule is Cl.Cl.NCC1(c2ccccc2)CCCCC1C1CCCNCC1. The monoisotopic (exact) mass is 358 g/mol. The van der Waals surface area contributed by atoms with E-state index in [1.54, 1.807) is 0 Å². The Morgan fingerprint density at radius 3 is 2.48 bits per heavy atom. The van der Waals surface area contributed by atoms with Crippen LogP contribution in [0.15, 0.2) is 30.3 Å². The normalized spacial score (nSPS) is 31.3. The average Bonchev–Trinajstić information content (AvgIpc) is 2.84. The van der Waals surface area contributed by atoms with E-state index in [1.165, 1.54) is 63.6 Å². The van der Waals surface area contributed by atoms with Crippen LogP contribution in [0.5, 0.6) is 0 Å². The van der Waals surface area contributed by atoms with Gasteiger partial charge in [0.05, 0.1) is 0 Å². The summed E-state index contributed by atoms with van der Waals surface area (Å²) in [6.45, 7) is 3.20. The highest BCUT2D eigenvalue weighted by atomic mass is 35.5. The van der Waals surface area contributed by atoms with Gasteiger partial charge >= 0.3 is 0 Å². The Labute approximate surface area is 153 Å². The van der Waals surface area contributed by atoms with E-state index >= 15 is 0 Å². The minimum atomic E-state index is 0. The molecule has 0 spiro atoms. The van der Waals surface area contributed by atoms with Gasteiger partial charge in [-0.1, -0.05) is 43.2 Å². The summed E-state index contributed by atoms with van der Waals surface area (Å²) < 4.78 is 0. The van der Waals surface area contributed by atoms with Gasteiger partial charge < -0.3 is 11.1 Å². The molecule has 0 aromatic heterocycles. The van der Waals surface area contributed by atoms with Gasteiger partial charge in [-0.25, -0.2) is 0 Å². The van der Waals surface area contributed by atoms with E-state index in [-0.39, 0.29) is 30.2 Å². The van der Waals surface area contributed by atoms with Crippen molar-refractivity contribution in [2.45, 2.75) is 50.4 Å². The van der Waals surface area contributed by atoms with Crippen LogP contribution in [0.25, 0.3) is 0 Å². The van der Waals surface area contributed by atoms with Crippen molar-refractivity contribution < 1.29 is 0 Å². The second kappa shape index (κ2) is 9.88. The third-order valence-electron chi connectivity index (χ3n) is 6.00. The lowest BCUT2D eigenvalue weighted by Crippen LogP contribution is -2.47. The Morgan fingerprint density at radius 1 is 0.957 bits per heavy atom. The summed E-state index contributed by atoms with van der Waals surface area (Å²) in [5, 5.41) is 3.57. The molecule has 0 radical (unpaired) electrons. The lowest BCUT2D eigenvalue weighted by molar-refractivity contribution is 0.116. The quantitative estimate of drug-likeness (QED) is 0.844. The Morgan fingerprint density at radius 2 is 1.74 bits per heavy atom. The number of hydrogen-bond acceptors (Lipinski definition) is 2. The minimum Gasteiger partial charge on any atom is -0.330 e. The van der Waals surface area contributed by atoms with Crippen LogP contribution < -0.4 is 11.1 Å². The molecule has 1 saturated heterocycles. The summed E-state index contributed by atoms with van der Waals surface area (Å²) in [6, 6.07) is 11.1. The molecule has 3 rings (SSSR count). The Bertz CT molecular complexity index is 432. The topological polar surface area (TPSA) is 38.0 Å². The van der Waals surface area contributed by atoms with Crippen molar-refractivity contribution in [2.24, 2.45) is 17.6 Å². The number of rotatable bonds is 3. The van der Waals surface area contributed by atoms with Crippen LogP contribution in [0, 0.1) is 11.8 Å². The van der Waals surface area contributed by atoms with Gasteiger partial charge in [0.2, 0.25) is 0 Å². The minimum absolute atomic E-state index is 0. The molecule has 2 aliphatic rings. The molecule has 2 nitrogen and oxygen atoms in total. The van der Waals surface area contributed by atoms with E-state index in [2.05, 4.69) is 35.6 Å². The van der Waals surface area contributed by atoms with Crippen molar-refractivity contribution >= 4 is 24.8 Å². The van der Waals surface area contributed by atoms with E-state index in [0.717, 1.165) is 18.4 Å². The first-order valence-corrected chi connectivity index (χ1v) is 8.83. The molecular formula is C19H32Cl2N2. The Balaban J connectivity index is 0.00000132. The van der Waals surface area contributed by atoms with Crippen molar-refractivity contribution in [2.75, 3.05) is 19.6 Å². The summed E-state index contributed by atoms with van der Waals surface area (Å²) in [4.78, 5) is 0. The Kier molecular flexibility index (Phi) is 8.92. The molecular weight excluding hydrogens is 327 g/mol. The van der Waals surface area contributed by atoms with Crippen molar-refractivity contribution in [3.63, 3.8) is 0 Å². The number of nitrogens with two attached hydrogens (primary N) is 1. The van der Waals surface area contributed by atoms with Crippen LogP contribution in [0.2, 0.25) is 0 Å². The first kappa shape index (κ1) is 20.8. The molecule has 1 aliphatic heterocycles. The van der Waals surface area contributed by atoms with E-state index < -0.39 is 0 Å². The molecule has 1 aliphatic carbocycles. The second-order valence-corrected chi connectivity index (χ2v) is 7.02. The fraction of sp³-hybridized carbons (Fsp3) is 0.684. The molecule has 1 aromatic carbocycles. The average molecular weight is 359 g/mol. The lowest BCUT2D eigenvalue weighted by atomic mass is 9.57. The highest BCUT2D eigenvalue weighted by Gasteiger charge is 2.44. The largest absolute Gasteiger partial charge is 0.330 e. The van der Waals surface area contributed by atoms with Crippen molar-refractivity contribution in [1.29, 1.82) is 0 Å². The molecule has 2 fully saturated rings. The van der Waals surface area contributed by atoms with Crippen LogP contribution in [0.3, 0.4) is 0 Å². The predicted octanol–water partition coefficient (Wildman–Crippen LogP) is 4.31. The molecule has 0 amide bonds. The maximum Gasteiger partial charge on any atom is 0.0106 e. The molecule has 132 valence electrons. The van der Waals surface area contributed by atoms with Gasteiger partial charge in [0.15, 0.2) is 0 Å². The molecule has 3 N–H and O–H groups in total. The lowest BCUT2D eigenvalue weighted by Gasteiger charge is -2.48. The molecule has 1 saturated carbocycles. The smallest absolute Gasteiger partial charge is 0.0106 e. The summed E-state index contributed by atoms with van der Waals surface area (Å²) in [5.74, 6) is 1.63. The van der Waals surface area contributed by atoms with E-state index in [9.17, 15) is 0 Å². The molecule has 3 unspecified atom stereocenters. The van der Waals surface area contributed by atoms with Crippen molar-refractivity contribution in [1.82, 2.24) is 5.32 Å². The maximum atomic E-state index is 6.39. The Hall–Kier alpha value is -0.280. The number of nitrogens with one attached hydrogen (secondary N) is 1. The summed E-state index contributed by atoms with van der Waals surface area (Å²) in [6.07, 6.45) is 9.43. The molecule has 4 heteroatoms. The maximum absolute atomic E-state index is 6.39. The first-order valence-electron chi connectivity index (χ1n) is 8.83. The van der Waals surface area contributed by atoms with E-state index in [1.807, 2.05) is 0 Å². The van der Waals surface area contributed by atoms with Gasteiger partial charge in [-0.05, 0) is 62.6 Å². The molecule has 1 heterocycles. The van der Waals surface area contributed by atoms with Crippen LogP contribution >= 0.6 is 24.8 Å². The van der Waals surface area contributed by atoms with Crippen molar-refractivity contribution in [3.05, 3.63) is 35.9 Å². The zero-order valence-electron chi connectivity index (χ0n) is 14.0. The fourth-order valence-corrected chi connectivity index (χ4v) is 4.90. The van der Waals surface area contributed by atoms with Gasteiger partial charge in [-0.15, -0.1) is 24.8 Å². The van der Waals surface area contributed by atoms with Gasteiger partial charge in [0.25, 0.3) is 0 Å². The van der Waals surface area contributed by atoms with Crippen LogP contribution in [0.1, 0.15) is 50.5 Å². The number of halogens is 2. The predicted molar refractivity (Wildman–Crippen MR) is 104 cm³/mol. The van der Waals surface area contributed by atoms with Crippen molar-refractivity contribution in [3.8, 4) is 0 Å². The zero-order valence-corrected chi connectivity index (χ0v) is 15.6. The summed E-state index contributed by atoms with van der Waals surface area (Å²) in [5.41, 5.74) is 8.12.